The molecule has 18 heavy (non-hydrogen) atoms. The average molecular weight is 249 g/mol. The summed E-state index contributed by atoms with van der Waals surface area (Å²) in [6, 6.07) is 6.34. The lowest BCUT2D eigenvalue weighted by Crippen LogP contribution is -2.35. The number of ketones is 1. The molecule has 1 heterocycles. The third kappa shape index (κ3) is 2.41. The summed E-state index contributed by atoms with van der Waals surface area (Å²) >= 11 is 0. The SMILES string of the molecule is CC1(C(=O)Cc2ccccc2[N+](=O)[O-])CCCO1. The number of Topliss-reactive ketones (excluding diaryl/α,β-unsaturated/α-hetero) is 1. The van der Waals surface area contributed by atoms with E-state index < -0.39 is 10.5 Å². The minimum Gasteiger partial charge on any atom is -0.367 e. The highest BCUT2D eigenvalue weighted by Gasteiger charge is 2.37. The van der Waals surface area contributed by atoms with E-state index in [0.29, 0.717) is 18.6 Å². The Balaban J connectivity index is 2.19. The molecule has 1 aliphatic rings. The fourth-order valence-electron chi connectivity index (χ4n) is 2.20. The summed E-state index contributed by atoms with van der Waals surface area (Å²) < 4.78 is 5.46. The molecule has 0 N–H and O–H groups in total. The molecule has 5 nitrogen and oxygen atoms in total. The van der Waals surface area contributed by atoms with Crippen LogP contribution in [-0.4, -0.2) is 22.9 Å². The predicted molar refractivity (Wildman–Crippen MR) is 65.4 cm³/mol. The highest BCUT2D eigenvalue weighted by Crippen LogP contribution is 2.29. The number of para-hydroxylation sites is 1. The average Bonchev–Trinajstić information content (AvgIpc) is 2.78. The molecular weight excluding hydrogens is 234 g/mol. The summed E-state index contributed by atoms with van der Waals surface area (Å²) in [5, 5.41) is 10.9. The van der Waals surface area contributed by atoms with Crippen LogP contribution in [-0.2, 0) is 16.0 Å². The molecule has 0 saturated carbocycles. The highest BCUT2D eigenvalue weighted by atomic mass is 16.6. The van der Waals surface area contributed by atoms with Crippen LogP contribution in [0.1, 0.15) is 25.3 Å². The topological polar surface area (TPSA) is 69.4 Å². The maximum atomic E-state index is 12.2. The molecule has 1 aromatic rings. The third-order valence-electron chi connectivity index (χ3n) is 3.35. The fourth-order valence-corrected chi connectivity index (χ4v) is 2.20. The Morgan fingerprint density at radius 3 is 2.83 bits per heavy atom. The molecule has 0 radical (unpaired) electrons. The number of ether oxygens (including phenoxy) is 1. The molecule has 0 aromatic heterocycles. The van der Waals surface area contributed by atoms with Crippen LogP contribution in [0.15, 0.2) is 24.3 Å². The molecule has 1 aromatic carbocycles. The molecule has 1 saturated heterocycles. The van der Waals surface area contributed by atoms with Gasteiger partial charge >= 0.3 is 0 Å². The minimum atomic E-state index is -0.774. The number of nitrogens with zero attached hydrogens (tertiary/aromatic N) is 1. The number of rotatable bonds is 4. The summed E-state index contributed by atoms with van der Waals surface area (Å²) in [5.74, 6) is -0.0886. The number of nitro benzene ring substituents is 1. The van der Waals surface area contributed by atoms with Gasteiger partial charge in [0.05, 0.1) is 4.92 Å². The van der Waals surface area contributed by atoms with Gasteiger partial charge in [-0.15, -0.1) is 0 Å². The van der Waals surface area contributed by atoms with Crippen LogP contribution in [0.5, 0.6) is 0 Å². The van der Waals surface area contributed by atoms with Gasteiger partial charge in [-0.1, -0.05) is 18.2 Å². The second-order valence-electron chi connectivity index (χ2n) is 4.67. The molecule has 1 aliphatic heterocycles. The highest BCUT2D eigenvalue weighted by molar-refractivity contribution is 5.89. The molecule has 96 valence electrons. The van der Waals surface area contributed by atoms with Crippen molar-refractivity contribution in [2.45, 2.75) is 31.8 Å². The summed E-state index contributed by atoms with van der Waals surface area (Å²) in [6.07, 6.45) is 1.60. The second-order valence-corrected chi connectivity index (χ2v) is 4.67. The van der Waals surface area contributed by atoms with Crippen molar-refractivity contribution in [3.05, 3.63) is 39.9 Å². The first-order valence-corrected chi connectivity index (χ1v) is 5.92. The summed E-state index contributed by atoms with van der Waals surface area (Å²) in [5.41, 5.74) is -0.333. The zero-order chi connectivity index (χ0) is 13.2. The van der Waals surface area contributed by atoms with Gasteiger partial charge in [0.15, 0.2) is 5.78 Å². The van der Waals surface area contributed by atoms with Crippen molar-refractivity contribution in [2.24, 2.45) is 0 Å². The Morgan fingerprint density at radius 2 is 2.22 bits per heavy atom. The van der Waals surface area contributed by atoms with Gasteiger partial charge in [0.2, 0.25) is 0 Å². The summed E-state index contributed by atoms with van der Waals surface area (Å²) in [6.45, 7) is 2.34. The molecular formula is C13H15NO4. The van der Waals surface area contributed by atoms with Crippen LogP contribution in [0.25, 0.3) is 0 Å². The van der Waals surface area contributed by atoms with E-state index in [4.69, 9.17) is 4.74 Å². The molecule has 1 unspecified atom stereocenters. The van der Waals surface area contributed by atoms with Gasteiger partial charge in [-0.2, -0.15) is 0 Å². The van der Waals surface area contributed by atoms with Gasteiger partial charge < -0.3 is 4.74 Å². The largest absolute Gasteiger partial charge is 0.367 e. The first-order valence-electron chi connectivity index (χ1n) is 5.92. The number of carbonyl (C=O) groups excluding carboxylic acids is 1. The van der Waals surface area contributed by atoms with Crippen molar-refractivity contribution < 1.29 is 14.5 Å². The molecule has 5 heteroatoms. The molecule has 0 bridgehead atoms. The van der Waals surface area contributed by atoms with E-state index in [1.165, 1.54) is 6.07 Å². The van der Waals surface area contributed by atoms with Crippen LogP contribution in [0.3, 0.4) is 0 Å². The standard InChI is InChI=1S/C13H15NO4/c1-13(7-4-8-18-13)12(15)9-10-5-2-3-6-11(10)14(16)17/h2-3,5-6H,4,7-9H2,1H3. The fraction of sp³-hybridized carbons (Fsp3) is 0.462. The van der Waals surface area contributed by atoms with Crippen molar-refractivity contribution in [1.29, 1.82) is 0 Å². The zero-order valence-corrected chi connectivity index (χ0v) is 10.2. The van der Waals surface area contributed by atoms with Gasteiger partial charge in [-0.3, -0.25) is 14.9 Å². The summed E-state index contributed by atoms with van der Waals surface area (Å²) in [7, 11) is 0. The number of carbonyl (C=O) groups is 1. The number of benzene rings is 1. The van der Waals surface area contributed by atoms with Crippen LogP contribution < -0.4 is 0 Å². The van der Waals surface area contributed by atoms with E-state index in [9.17, 15) is 14.9 Å². The lowest BCUT2D eigenvalue weighted by Gasteiger charge is -2.21. The van der Waals surface area contributed by atoms with Crippen molar-refractivity contribution in [3.63, 3.8) is 0 Å². The monoisotopic (exact) mass is 249 g/mol. The van der Waals surface area contributed by atoms with E-state index in [1.807, 2.05) is 0 Å². The summed E-state index contributed by atoms with van der Waals surface area (Å²) in [4.78, 5) is 22.6. The number of hydrogen-bond acceptors (Lipinski definition) is 4. The lowest BCUT2D eigenvalue weighted by atomic mass is 9.92. The van der Waals surface area contributed by atoms with E-state index >= 15 is 0 Å². The van der Waals surface area contributed by atoms with E-state index in [0.717, 1.165) is 6.42 Å². The smallest absolute Gasteiger partial charge is 0.273 e. The van der Waals surface area contributed by atoms with E-state index in [1.54, 1.807) is 25.1 Å². The van der Waals surface area contributed by atoms with Gasteiger partial charge in [-0.05, 0) is 19.8 Å². The molecule has 1 atom stereocenters. The minimum absolute atomic E-state index is 0.00699. The Bertz CT molecular complexity index is 478. The molecule has 0 amide bonds. The Kier molecular flexibility index (Phi) is 3.43. The van der Waals surface area contributed by atoms with Crippen LogP contribution in [0.4, 0.5) is 5.69 Å². The van der Waals surface area contributed by atoms with Gasteiger partial charge in [0.1, 0.15) is 5.60 Å². The number of hydrogen-bond donors (Lipinski definition) is 0. The van der Waals surface area contributed by atoms with Crippen LogP contribution in [0, 0.1) is 10.1 Å². The van der Waals surface area contributed by atoms with Crippen molar-refractivity contribution in [1.82, 2.24) is 0 Å². The Labute approximate surface area is 105 Å². The van der Waals surface area contributed by atoms with E-state index in [-0.39, 0.29) is 17.9 Å². The predicted octanol–water partition coefficient (Wildman–Crippen LogP) is 2.28. The first-order chi connectivity index (χ1) is 8.53. The normalized spacial score (nSPS) is 22.9. The van der Waals surface area contributed by atoms with Gasteiger partial charge in [0.25, 0.3) is 5.69 Å². The van der Waals surface area contributed by atoms with Crippen molar-refractivity contribution in [3.8, 4) is 0 Å². The molecule has 0 spiro atoms. The molecule has 0 aliphatic carbocycles. The zero-order valence-electron chi connectivity index (χ0n) is 10.2. The molecule has 1 fully saturated rings. The Hall–Kier alpha value is -1.75. The van der Waals surface area contributed by atoms with Gasteiger partial charge in [-0.25, -0.2) is 0 Å². The van der Waals surface area contributed by atoms with Crippen LogP contribution in [0.2, 0.25) is 0 Å². The molecule has 2 rings (SSSR count). The third-order valence-corrected chi connectivity index (χ3v) is 3.35. The van der Waals surface area contributed by atoms with Crippen molar-refractivity contribution in [2.75, 3.05) is 6.61 Å². The Morgan fingerprint density at radius 1 is 1.50 bits per heavy atom. The van der Waals surface area contributed by atoms with Gasteiger partial charge in [0, 0.05) is 24.7 Å². The van der Waals surface area contributed by atoms with Crippen molar-refractivity contribution >= 4 is 11.5 Å². The second kappa shape index (κ2) is 4.86. The van der Waals surface area contributed by atoms with Crippen LogP contribution >= 0.6 is 0 Å². The number of nitro groups is 1. The first kappa shape index (κ1) is 12.7. The quantitative estimate of drug-likeness (QED) is 0.606. The maximum Gasteiger partial charge on any atom is 0.273 e. The van der Waals surface area contributed by atoms with E-state index in [2.05, 4.69) is 0 Å². The lowest BCUT2D eigenvalue weighted by molar-refractivity contribution is -0.385. The maximum absolute atomic E-state index is 12.2.